The summed E-state index contributed by atoms with van der Waals surface area (Å²) in [6.45, 7) is 0.269. The number of aromatic nitrogens is 3. The van der Waals surface area contributed by atoms with E-state index < -0.39 is 0 Å². The first-order chi connectivity index (χ1) is 11.2. The van der Waals surface area contributed by atoms with E-state index in [0.717, 1.165) is 29.7 Å². The van der Waals surface area contributed by atoms with Gasteiger partial charge in [-0.05, 0) is 25.0 Å². The molecule has 1 aliphatic rings. The number of carbonyl (C=O) groups is 1. The number of amides is 1. The standard InChI is InChI=1S/C17H16N5O.Rb/c18-10-11-4-6-12(7-5-11)14-2-1-3-15-19-17(21-22(14)15)20-16(23)13-8-9-13;/h1-7,13,18H,8-10H2,(H,20,21,23);/q-1;+1. The molecule has 2 N–H and O–H groups in total. The first-order valence-corrected chi connectivity index (χ1v) is 7.65. The molecule has 0 spiro atoms. The minimum Gasteiger partial charge on any atom is -0.674 e. The molecular weight excluding hydrogens is 376 g/mol. The fraction of sp³-hybridized carbons (Fsp3) is 0.235. The number of rotatable bonds is 4. The molecule has 4 rings (SSSR count). The Labute approximate surface area is 188 Å². The van der Waals surface area contributed by atoms with Gasteiger partial charge in [0.2, 0.25) is 11.9 Å². The molecule has 116 valence electrons. The summed E-state index contributed by atoms with van der Waals surface area (Å²) in [7, 11) is 0. The van der Waals surface area contributed by atoms with Gasteiger partial charge >= 0.3 is 58.2 Å². The van der Waals surface area contributed by atoms with Crippen molar-refractivity contribution < 1.29 is 63.0 Å². The van der Waals surface area contributed by atoms with Gasteiger partial charge in [-0.25, -0.2) is 4.52 Å². The second-order valence-corrected chi connectivity index (χ2v) is 5.75. The maximum Gasteiger partial charge on any atom is 1.00 e. The summed E-state index contributed by atoms with van der Waals surface area (Å²) in [6.07, 6.45) is 1.90. The summed E-state index contributed by atoms with van der Waals surface area (Å²) >= 11 is 0. The van der Waals surface area contributed by atoms with Crippen LogP contribution in [0.15, 0.2) is 42.5 Å². The quantitative estimate of drug-likeness (QED) is 0.694. The Balaban J connectivity index is 0.00000169. The van der Waals surface area contributed by atoms with E-state index in [1.807, 2.05) is 42.5 Å². The number of carbonyl (C=O) groups excluding carboxylic acids is 1. The fourth-order valence-electron chi connectivity index (χ4n) is 2.53. The van der Waals surface area contributed by atoms with E-state index in [4.69, 9.17) is 5.73 Å². The van der Waals surface area contributed by atoms with Gasteiger partial charge in [-0.1, -0.05) is 35.9 Å². The van der Waals surface area contributed by atoms with Gasteiger partial charge in [-0.15, -0.1) is 11.6 Å². The van der Waals surface area contributed by atoms with E-state index in [9.17, 15) is 4.79 Å². The second-order valence-electron chi connectivity index (χ2n) is 5.75. The third kappa shape index (κ3) is 3.67. The Hall–Kier alpha value is -0.925. The molecule has 2 aromatic heterocycles. The summed E-state index contributed by atoms with van der Waals surface area (Å²) in [6, 6.07) is 13.6. The van der Waals surface area contributed by atoms with Crippen LogP contribution in [0, 0.1) is 5.92 Å². The van der Waals surface area contributed by atoms with Gasteiger partial charge in [0.25, 0.3) is 0 Å². The van der Waals surface area contributed by atoms with Crippen molar-refractivity contribution >= 4 is 17.5 Å². The third-order valence-corrected chi connectivity index (χ3v) is 4.00. The van der Waals surface area contributed by atoms with Crippen molar-refractivity contribution in [1.82, 2.24) is 14.6 Å². The Morgan fingerprint density at radius 2 is 1.96 bits per heavy atom. The van der Waals surface area contributed by atoms with Crippen molar-refractivity contribution in [2.45, 2.75) is 19.4 Å². The molecule has 0 bridgehead atoms. The van der Waals surface area contributed by atoms with Crippen molar-refractivity contribution in [2.75, 3.05) is 5.32 Å². The van der Waals surface area contributed by atoms with Crippen LogP contribution >= 0.6 is 0 Å². The summed E-state index contributed by atoms with van der Waals surface area (Å²) in [5.41, 5.74) is 11.0. The maximum atomic E-state index is 11.9. The van der Waals surface area contributed by atoms with E-state index >= 15 is 0 Å². The predicted molar refractivity (Wildman–Crippen MR) is 87.8 cm³/mol. The molecule has 0 atom stereocenters. The third-order valence-electron chi connectivity index (χ3n) is 4.00. The molecular formula is C17H16N5ORb. The molecule has 7 heteroatoms. The number of hydrogen-bond acceptors (Lipinski definition) is 3. The van der Waals surface area contributed by atoms with Gasteiger partial charge in [0.05, 0.1) is 5.69 Å². The summed E-state index contributed by atoms with van der Waals surface area (Å²) < 4.78 is 1.73. The molecule has 1 amide bonds. The number of anilines is 1. The van der Waals surface area contributed by atoms with E-state index in [1.165, 1.54) is 0 Å². The Morgan fingerprint density at radius 3 is 2.62 bits per heavy atom. The predicted octanol–water partition coefficient (Wildman–Crippen LogP) is 0.301. The van der Waals surface area contributed by atoms with Crippen LogP contribution in [0.2, 0.25) is 0 Å². The van der Waals surface area contributed by atoms with Gasteiger partial charge in [0, 0.05) is 11.5 Å². The molecule has 0 saturated heterocycles. The van der Waals surface area contributed by atoms with Crippen molar-refractivity contribution in [2.24, 2.45) is 5.92 Å². The number of pyridine rings is 1. The number of hydrogen-bond donors (Lipinski definition) is 1. The van der Waals surface area contributed by atoms with Gasteiger partial charge in [-0.3, -0.25) is 10.1 Å². The topological polar surface area (TPSA) is 83.1 Å². The molecule has 1 saturated carbocycles. The molecule has 0 unspecified atom stereocenters. The molecule has 2 heterocycles. The average molecular weight is 392 g/mol. The zero-order valence-electron chi connectivity index (χ0n) is 13.5. The summed E-state index contributed by atoms with van der Waals surface area (Å²) in [5, 5.41) is 7.20. The smallest absolute Gasteiger partial charge is 0.674 e. The van der Waals surface area contributed by atoms with E-state index in [-0.39, 0.29) is 76.6 Å². The van der Waals surface area contributed by atoms with Crippen molar-refractivity contribution in [3.8, 4) is 11.3 Å². The van der Waals surface area contributed by atoms with Crippen LogP contribution in [0.3, 0.4) is 0 Å². The van der Waals surface area contributed by atoms with Gasteiger partial charge in [-0.2, -0.15) is 4.98 Å². The van der Waals surface area contributed by atoms with Gasteiger partial charge in [0.15, 0.2) is 5.65 Å². The van der Waals surface area contributed by atoms with Crippen LogP contribution < -0.4 is 63.5 Å². The van der Waals surface area contributed by atoms with Crippen LogP contribution in [-0.2, 0) is 11.3 Å². The average Bonchev–Trinajstić information content (AvgIpc) is 3.35. The van der Waals surface area contributed by atoms with Crippen molar-refractivity contribution in [1.29, 1.82) is 0 Å². The van der Waals surface area contributed by atoms with Crippen LogP contribution in [0.25, 0.3) is 22.6 Å². The number of benzene rings is 1. The molecule has 6 nitrogen and oxygen atoms in total. The summed E-state index contributed by atoms with van der Waals surface area (Å²) in [4.78, 5) is 16.2. The molecule has 1 aromatic carbocycles. The number of fused-ring (bicyclic) bond motifs is 1. The Kier molecular flexibility index (Phi) is 5.61. The van der Waals surface area contributed by atoms with E-state index in [1.54, 1.807) is 4.52 Å². The van der Waals surface area contributed by atoms with Crippen LogP contribution in [-0.4, -0.2) is 20.5 Å². The molecule has 0 radical (unpaired) electrons. The summed E-state index contributed by atoms with van der Waals surface area (Å²) in [5.74, 6) is 0.470. The van der Waals surface area contributed by atoms with Crippen molar-refractivity contribution in [3.63, 3.8) is 0 Å². The largest absolute Gasteiger partial charge is 1.00 e. The van der Waals surface area contributed by atoms with Crippen LogP contribution in [0.5, 0.6) is 0 Å². The minimum atomic E-state index is 0. The fourth-order valence-corrected chi connectivity index (χ4v) is 2.53. The normalized spacial score (nSPS) is 13.5. The zero-order valence-corrected chi connectivity index (χ0v) is 18.4. The Morgan fingerprint density at radius 1 is 1.21 bits per heavy atom. The number of nitrogens with zero attached hydrogens (tertiary/aromatic N) is 3. The molecule has 3 aromatic rings. The van der Waals surface area contributed by atoms with Crippen LogP contribution in [0.4, 0.5) is 5.95 Å². The zero-order chi connectivity index (χ0) is 15.8. The molecule has 0 aliphatic heterocycles. The van der Waals surface area contributed by atoms with E-state index in [0.29, 0.717) is 11.6 Å². The SMILES string of the molecule is [NH-]Cc1ccc(-c2cccc3nc(NC(=O)C4CC4)nn23)cc1.[Rb+]. The van der Waals surface area contributed by atoms with Crippen molar-refractivity contribution in [3.05, 3.63) is 53.8 Å². The monoisotopic (exact) mass is 391 g/mol. The minimum absolute atomic E-state index is 0. The van der Waals surface area contributed by atoms with Gasteiger partial charge in [0.1, 0.15) is 0 Å². The van der Waals surface area contributed by atoms with E-state index in [2.05, 4.69) is 15.4 Å². The number of nitrogens with one attached hydrogen (secondary N) is 2. The van der Waals surface area contributed by atoms with Gasteiger partial charge < -0.3 is 5.73 Å². The first kappa shape index (κ1) is 17.9. The Bertz CT molecular complexity index is 870. The molecule has 24 heavy (non-hydrogen) atoms. The molecule has 1 aliphatic carbocycles. The maximum absolute atomic E-state index is 11.9. The second kappa shape index (κ2) is 7.53. The molecule has 1 fully saturated rings. The first-order valence-electron chi connectivity index (χ1n) is 7.65. The van der Waals surface area contributed by atoms with Crippen LogP contribution in [0.1, 0.15) is 18.4 Å².